The van der Waals surface area contributed by atoms with Gasteiger partial charge >= 0.3 is 0 Å². The molecular weight excluding hydrogens is 466 g/mol. The summed E-state index contributed by atoms with van der Waals surface area (Å²) in [6.07, 6.45) is 3.01. The molecule has 0 amide bonds. The molecule has 0 bridgehead atoms. The molecular formula is C22H18BrN3O3S. The van der Waals surface area contributed by atoms with E-state index in [1.165, 1.54) is 4.52 Å². The van der Waals surface area contributed by atoms with Crippen molar-refractivity contribution < 1.29 is 4.74 Å². The van der Waals surface area contributed by atoms with Crippen LogP contribution in [0, 0.1) is 0 Å². The molecule has 0 aliphatic carbocycles. The summed E-state index contributed by atoms with van der Waals surface area (Å²) in [5, 5.41) is 4.30. The van der Waals surface area contributed by atoms with Crippen LogP contribution in [0.2, 0.25) is 0 Å². The molecule has 4 rings (SSSR count). The third kappa shape index (κ3) is 4.49. The fourth-order valence-corrected chi connectivity index (χ4v) is 4.05. The maximum absolute atomic E-state index is 12.8. The average Bonchev–Trinajstić information content (AvgIpc) is 3.04. The molecule has 2 aromatic heterocycles. The van der Waals surface area contributed by atoms with Crippen LogP contribution in [0.25, 0.3) is 11.0 Å². The van der Waals surface area contributed by atoms with Crippen molar-refractivity contribution in [3.63, 3.8) is 0 Å². The number of fused-ring (bicyclic) bond motifs is 1. The lowest BCUT2D eigenvalue weighted by molar-refractivity contribution is 0.317. The molecule has 0 saturated carbocycles. The molecule has 8 heteroatoms. The fourth-order valence-electron chi connectivity index (χ4n) is 2.88. The fraction of sp³-hybridized carbons (Fsp3) is 0.182. The van der Waals surface area contributed by atoms with Gasteiger partial charge in [0.25, 0.3) is 11.1 Å². The van der Waals surface area contributed by atoms with Crippen molar-refractivity contribution >= 4 is 38.3 Å². The Morgan fingerprint density at radius 1 is 1.10 bits per heavy atom. The Hall–Kier alpha value is -2.84. The van der Waals surface area contributed by atoms with Crippen molar-refractivity contribution in [3.05, 3.63) is 95.1 Å². The van der Waals surface area contributed by atoms with Crippen LogP contribution in [0.15, 0.2) is 62.6 Å². The molecule has 4 aromatic rings. The van der Waals surface area contributed by atoms with Gasteiger partial charge in [-0.2, -0.15) is 14.6 Å². The molecule has 0 N–H and O–H groups in total. The first kappa shape index (κ1) is 20.4. The number of nitrogens with zero attached hydrogens (tertiary/aromatic N) is 3. The zero-order valence-corrected chi connectivity index (χ0v) is 18.6. The van der Waals surface area contributed by atoms with Gasteiger partial charge in [0.15, 0.2) is 0 Å². The van der Waals surface area contributed by atoms with Crippen molar-refractivity contribution in [1.29, 1.82) is 0 Å². The largest absolute Gasteiger partial charge is 0.494 e. The topological polar surface area (TPSA) is 73.6 Å². The third-order valence-electron chi connectivity index (χ3n) is 4.39. The van der Waals surface area contributed by atoms with Gasteiger partial charge in [0.05, 0.1) is 11.1 Å². The summed E-state index contributed by atoms with van der Waals surface area (Å²) < 4.78 is 8.23. The minimum Gasteiger partial charge on any atom is -0.494 e. The highest BCUT2D eigenvalue weighted by Crippen LogP contribution is 2.14. The van der Waals surface area contributed by atoms with Crippen LogP contribution < -0.4 is 20.4 Å². The van der Waals surface area contributed by atoms with E-state index in [0.717, 1.165) is 39.1 Å². The van der Waals surface area contributed by atoms with Crippen LogP contribution in [0.5, 0.6) is 5.75 Å². The minimum absolute atomic E-state index is 0.236. The van der Waals surface area contributed by atoms with Crippen molar-refractivity contribution in [1.82, 2.24) is 14.6 Å². The molecule has 30 heavy (non-hydrogen) atoms. The van der Waals surface area contributed by atoms with Gasteiger partial charge in [-0.15, -0.1) is 0 Å². The third-order valence-corrected chi connectivity index (χ3v) is 5.87. The summed E-state index contributed by atoms with van der Waals surface area (Å²) in [6, 6.07) is 15.1. The summed E-state index contributed by atoms with van der Waals surface area (Å²) in [5.41, 5.74) is 1.32. The monoisotopic (exact) mass is 483 g/mol. The maximum atomic E-state index is 12.8. The van der Waals surface area contributed by atoms with E-state index in [4.69, 9.17) is 4.74 Å². The Morgan fingerprint density at radius 2 is 1.83 bits per heavy atom. The molecule has 2 heterocycles. The zero-order valence-electron chi connectivity index (χ0n) is 16.2. The van der Waals surface area contributed by atoms with Crippen molar-refractivity contribution in [2.24, 2.45) is 0 Å². The van der Waals surface area contributed by atoms with Crippen LogP contribution in [-0.4, -0.2) is 21.2 Å². The van der Waals surface area contributed by atoms with Crippen LogP contribution in [0.3, 0.4) is 0 Å². The second-order valence-corrected chi connectivity index (χ2v) is 8.62. The Morgan fingerprint density at radius 3 is 2.53 bits per heavy atom. The summed E-state index contributed by atoms with van der Waals surface area (Å²) in [6.45, 7) is 2.71. The molecule has 152 valence electrons. The van der Waals surface area contributed by atoms with E-state index in [1.807, 2.05) is 55.5 Å². The van der Waals surface area contributed by atoms with Crippen LogP contribution in [-0.2, 0) is 6.42 Å². The molecule has 6 nitrogen and oxygen atoms in total. The van der Waals surface area contributed by atoms with E-state index in [-0.39, 0.29) is 11.3 Å². The van der Waals surface area contributed by atoms with Crippen molar-refractivity contribution in [2.45, 2.75) is 19.8 Å². The van der Waals surface area contributed by atoms with Gasteiger partial charge in [-0.1, -0.05) is 58.5 Å². The second-order valence-electron chi connectivity index (χ2n) is 6.69. The van der Waals surface area contributed by atoms with Gasteiger partial charge in [0, 0.05) is 10.9 Å². The van der Waals surface area contributed by atoms with Crippen molar-refractivity contribution in [3.8, 4) is 5.75 Å². The average molecular weight is 484 g/mol. The normalized spacial score (nSPS) is 11.9. The van der Waals surface area contributed by atoms with Gasteiger partial charge in [0.1, 0.15) is 11.4 Å². The van der Waals surface area contributed by atoms with Gasteiger partial charge in [-0.25, -0.2) is 0 Å². The van der Waals surface area contributed by atoms with Crippen LogP contribution in [0.4, 0.5) is 0 Å². The molecule has 0 spiro atoms. The molecule has 0 saturated heterocycles. The highest BCUT2D eigenvalue weighted by Gasteiger charge is 2.12. The Kier molecular flexibility index (Phi) is 6.06. The van der Waals surface area contributed by atoms with Crippen LogP contribution in [0.1, 0.15) is 30.2 Å². The molecule has 2 aromatic carbocycles. The standard InChI is InChI=1S/C22H18BrN3O3S/c1-2-11-29-17-9-5-14(6-10-17)12-18-20(27)24-22-26(25-18)21(28)19(30-22)13-15-3-7-16(23)8-4-15/h3-10,13H,2,11-12H2,1H3/b19-13-. The first-order valence-electron chi connectivity index (χ1n) is 9.45. The first-order chi connectivity index (χ1) is 14.5. The predicted octanol–water partition coefficient (Wildman–Crippen LogP) is 3.20. The Bertz CT molecular complexity index is 1350. The molecule has 0 aliphatic heterocycles. The predicted molar refractivity (Wildman–Crippen MR) is 121 cm³/mol. The SMILES string of the molecule is CCCOc1ccc(Cc2nn3c(=O)/c(=C/c4ccc(Br)cc4)sc3nc2=O)cc1. The molecule has 0 fully saturated rings. The van der Waals surface area contributed by atoms with E-state index in [1.54, 1.807) is 6.08 Å². The number of ether oxygens (including phenoxy) is 1. The first-order valence-corrected chi connectivity index (χ1v) is 11.1. The maximum Gasteiger partial charge on any atom is 0.296 e. The molecule has 0 radical (unpaired) electrons. The number of rotatable bonds is 6. The number of benzene rings is 2. The molecule has 0 atom stereocenters. The lowest BCUT2D eigenvalue weighted by atomic mass is 10.1. The highest BCUT2D eigenvalue weighted by atomic mass is 79.9. The lowest BCUT2D eigenvalue weighted by Gasteiger charge is -2.05. The summed E-state index contributed by atoms with van der Waals surface area (Å²) in [4.78, 5) is 29.6. The van der Waals surface area contributed by atoms with E-state index < -0.39 is 5.56 Å². The molecule has 0 unspecified atom stereocenters. The second kappa shape index (κ2) is 8.89. The summed E-state index contributed by atoms with van der Waals surface area (Å²) in [7, 11) is 0. The van der Waals surface area contributed by atoms with Gasteiger partial charge in [-0.05, 0) is 47.9 Å². The summed E-state index contributed by atoms with van der Waals surface area (Å²) >= 11 is 4.55. The molecule has 0 aliphatic rings. The lowest BCUT2D eigenvalue weighted by Crippen LogP contribution is -2.28. The summed E-state index contributed by atoms with van der Waals surface area (Å²) in [5.74, 6) is 0.784. The van der Waals surface area contributed by atoms with E-state index in [9.17, 15) is 9.59 Å². The minimum atomic E-state index is -0.419. The van der Waals surface area contributed by atoms with Gasteiger partial charge in [-0.3, -0.25) is 9.59 Å². The smallest absolute Gasteiger partial charge is 0.296 e. The highest BCUT2D eigenvalue weighted by molar-refractivity contribution is 9.10. The van der Waals surface area contributed by atoms with Crippen molar-refractivity contribution in [2.75, 3.05) is 6.61 Å². The number of hydrogen-bond donors (Lipinski definition) is 0. The van der Waals surface area contributed by atoms with Crippen LogP contribution >= 0.6 is 27.3 Å². The number of halogens is 1. The van der Waals surface area contributed by atoms with Gasteiger partial charge in [0.2, 0.25) is 4.96 Å². The van der Waals surface area contributed by atoms with E-state index in [2.05, 4.69) is 26.0 Å². The Balaban J connectivity index is 1.66. The quantitative estimate of drug-likeness (QED) is 0.421. The number of thiazole rings is 1. The number of aromatic nitrogens is 3. The zero-order chi connectivity index (χ0) is 21.1. The van der Waals surface area contributed by atoms with E-state index >= 15 is 0 Å². The number of hydrogen-bond acceptors (Lipinski definition) is 6. The Labute approximate surface area is 184 Å². The van der Waals surface area contributed by atoms with E-state index in [0.29, 0.717) is 22.5 Å². The van der Waals surface area contributed by atoms with Gasteiger partial charge < -0.3 is 4.74 Å².